The van der Waals surface area contributed by atoms with Gasteiger partial charge in [0.05, 0.1) is 12.8 Å². The first-order chi connectivity index (χ1) is 8.66. The van der Waals surface area contributed by atoms with Crippen molar-refractivity contribution in [3.8, 4) is 0 Å². The summed E-state index contributed by atoms with van der Waals surface area (Å²) in [5.74, 6) is 0.0768. The number of aliphatic hydroxyl groups excluding tert-OH is 1. The van der Waals surface area contributed by atoms with Crippen LogP contribution in [0.15, 0.2) is 41.1 Å². The molecule has 1 atom stereocenters. The second kappa shape index (κ2) is 5.66. The van der Waals surface area contributed by atoms with Gasteiger partial charge in [0.25, 0.3) is 5.91 Å². The molecular weight excluding hydrogens is 256 g/mol. The predicted molar refractivity (Wildman–Crippen MR) is 65.2 cm³/mol. The molecule has 0 saturated carbocycles. The van der Waals surface area contributed by atoms with Crippen molar-refractivity contribution in [3.05, 3.63) is 53.2 Å². The highest BCUT2D eigenvalue weighted by molar-refractivity contribution is 6.29. The van der Waals surface area contributed by atoms with Gasteiger partial charge in [-0.25, -0.2) is 4.98 Å². The summed E-state index contributed by atoms with van der Waals surface area (Å²) < 4.78 is 5.02. The maximum absolute atomic E-state index is 11.7. The third kappa shape index (κ3) is 3.09. The average Bonchev–Trinajstić information content (AvgIpc) is 2.89. The summed E-state index contributed by atoms with van der Waals surface area (Å²) in [7, 11) is 0. The van der Waals surface area contributed by atoms with Crippen molar-refractivity contribution < 1.29 is 14.3 Å². The Morgan fingerprint density at radius 3 is 3.06 bits per heavy atom. The average molecular weight is 267 g/mol. The zero-order valence-corrected chi connectivity index (χ0v) is 10.1. The van der Waals surface area contributed by atoms with Crippen molar-refractivity contribution >= 4 is 17.5 Å². The van der Waals surface area contributed by atoms with Gasteiger partial charge in [0.1, 0.15) is 17.0 Å². The number of amides is 1. The van der Waals surface area contributed by atoms with E-state index < -0.39 is 6.10 Å². The number of nitrogens with zero attached hydrogens (tertiary/aromatic N) is 1. The molecule has 0 fully saturated rings. The number of pyridine rings is 1. The van der Waals surface area contributed by atoms with Gasteiger partial charge in [0.15, 0.2) is 0 Å². The van der Waals surface area contributed by atoms with Crippen molar-refractivity contribution in [1.29, 1.82) is 0 Å². The number of carbonyl (C=O) groups is 1. The smallest absolute Gasteiger partial charge is 0.251 e. The Morgan fingerprint density at radius 2 is 2.39 bits per heavy atom. The van der Waals surface area contributed by atoms with Gasteiger partial charge < -0.3 is 14.8 Å². The predicted octanol–water partition coefficient (Wildman–Crippen LogP) is 1.79. The largest absolute Gasteiger partial charge is 0.467 e. The zero-order valence-electron chi connectivity index (χ0n) is 9.34. The molecule has 0 aliphatic rings. The molecule has 0 radical (unpaired) electrons. The normalized spacial score (nSPS) is 12.1. The fourth-order valence-electron chi connectivity index (χ4n) is 1.42. The van der Waals surface area contributed by atoms with E-state index in [1.165, 1.54) is 18.5 Å². The summed E-state index contributed by atoms with van der Waals surface area (Å²) in [6.45, 7) is 0.0618. The standard InChI is InChI=1S/C12H11ClN2O3/c13-11-6-8(3-4-14-11)12(17)15-7-9(16)10-2-1-5-18-10/h1-6,9,16H,7H2,(H,15,17). The molecule has 2 heterocycles. The van der Waals surface area contributed by atoms with E-state index in [1.807, 2.05) is 0 Å². The van der Waals surface area contributed by atoms with Crippen LogP contribution in [0, 0.1) is 0 Å². The molecule has 0 aromatic carbocycles. The molecule has 94 valence electrons. The Hall–Kier alpha value is -1.85. The van der Waals surface area contributed by atoms with Crippen molar-refractivity contribution in [2.75, 3.05) is 6.54 Å². The van der Waals surface area contributed by atoms with Crippen LogP contribution >= 0.6 is 11.6 Å². The van der Waals surface area contributed by atoms with E-state index in [1.54, 1.807) is 18.2 Å². The molecule has 2 rings (SSSR count). The summed E-state index contributed by atoms with van der Waals surface area (Å²) in [5.41, 5.74) is 0.390. The van der Waals surface area contributed by atoms with E-state index in [4.69, 9.17) is 16.0 Å². The number of aromatic nitrogens is 1. The Kier molecular flexibility index (Phi) is 3.96. The molecule has 2 N–H and O–H groups in total. The van der Waals surface area contributed by atoms with E-state index in [0.717, 1.165) is 0 Å². The highest BCUT2D eigenvalue weighted by Crippen LogP contribution is 2.12. The summed E-state index contributed by atoms with van der Waals surface area (Å²) in [5, 5.41) is 12.5. The van der Waals surface area contributed by atoms with Crippen LogP contribution in [0.1, 0.15) is 22.2 Å². The van der Waals surface area contributed by atoms with E-state index >= 15 is 0 Å². The highest BCUT2D eigenvalue weighted by atomic mass is 35.5. The van der Waals surface area contributed by atoms with Gasteiger partial charge in [0.2, 0.25) is 0 Å². The van der Waals surface area contributed by atoms with Gasteiger partial charge in [-0.15, -0.1) is 0 Å². The molecule has 0 aliphatic heterocycles. The first-order valence-corrected chi connectivity index (χ1v) is 5.66. The van der Waals surface area contributed by atoms with Crippen LogP contribution in [-0.2, 0) is 0 Å². The molecule has 1 amide bonds. The summed E-state index contributed by atoms with van der Waals surface area (Å²) in [4.78, 5) is 15.5. The van der Waals surface area contributed by atoms with Gasteiger partial charge in [-0.05, 0) is 24.3 Å². The Morgan fingerprint density at radius 1 is 1.56 bits per heavy atom. The highest BCUT2D eigenvalue weighted by Gasteiger charge is 2.13. The van der Waals surface area contributed by atoms with Crippen LogP contribution in [0.3, 0.4) is 0 Å². The van der Waals surface area contributed by atoms with Crippen molar-refractivity contribution in [1.82, 2.24) is 10.3 Å². The van der Waals surface area contributed by atoms with Crippen molar-refractivity contribution in [3.63, 3.8) is 0 Å². The number of hydrogen-bond acceptors (Lipinski definition) is 4. The molecule has 5 nitrogen and oxygen atoms in total. The number of nitrogens with one attached hydrogen (secondary N) is 1. The fraction of sp³-hybridized carbons (Fsp3) is 0.167. The van der Waals surface area contributed by atoms with E-state index in [2.05, 4.69) is 10.3 Å². The van der Waals surface area contributed by atoms with E-state index in [9.17, 15) is 9.90 Å². The molecule has 0 spiro atoms. The molecule has 0 bridgehead atoms. The third-order valence-electron chi connectivity index (χ3n) is 2.32. The minimum Gasteiger partial charge on any atom is -0.467 e. The summed E-state index contributed by atoms with van der Waals surface area (Å²) in [6.07, 6.45) is 2.03. The quantitative estimate of drug-likeness (QED) is 0.828. The maximum Gasteiger partial charge on any atom is 0.251 e. The van der Waals surface area contributed by atoms with Crippen LogP contribution in [0.5, 0.6) is 0 Å². The second-order valence-electron chi connectivity index (χ2n) is 3.61. The monoisotopic (exact) mass is 266 g/mol. The SMILES string of the molecule is O=C(NCC(O)c1ccco1)c1ccnc(Cl)c1. The zero-order chi connectivity index (χ0) is 13.0. The van der Waals surface area contributed by atoms with E-state index in [-0.39, 0.29) is 17.6 Å². The minimum absolute atomic E-state index is 0.0618. The summed E-state index contributed by atoms with van der Waals surface area (Å²) >= 11 is 5.68. The molecule has 0 saturated heterocycles. The van der Waals surface area contributed by atoms with Gasteiger partial charge in [0, 0.05) is 11.8 Å². The third-order valence-corrected chi connectivity index (χ3v) is 2.52. The molecule has 18 heavy (non-hydrogen) atoms. The second-order valence-corrected chi connectivity index (χ2v) is 4.00. The number of aliphatic hydroxyl groups is 1. The van der Waals surface area contributed by atoms with Crippen LogP contribution < -0.4 is 5.32 Å². The Labute approximate surface area is 108 Å². The van der Waals surface area contributed by atoms with Crippen LogP contribution in [0.4, 0.5) is 0 Å². The lowest BCUT2D eigenvalue weighted by Gasteiger charge is -2.09. The molecule has 0 aliphatic carbocycles. The lowest BCUT2D eigenvalue weighted by atomic mass is 10.2. The van der Waals surface area contributed by atoms with Crippen molar-refractivity contribution in [2.24, 2.45) is 0 Å². The first kappa shape index (κ1) is 12.6. The lowest BCUT2D eigenvalue weighted by Crippen LogP contribution is -2.28. The fourth-order valence-corrected chi connectivity index (χ4v) is 1.59. The first-order valence-electron chi connectivity index (χ1n) is 5.28. The van der Waals surface area contributed by atoms with Gasteiger partial charge >= 0.3 is 0 Å². The number of halogens is 1. The number of rotatable bonds is 4. The van der Waals surface area contributed by atoms with Gasteiger partial charge in [-0.2, -0.15) is 0 Å². The van der Waals surface area contributed by atoms with Gasteiger partial charge in [-0.1, -0.05) is 11.6 Å². The van der Waals surface area contributed by atoms with Crippen LogP contribution in [0.2, 0.25) is 5.15 Å². The minimum atomic E-state index is -0.874. The van der Waals surface area contributed by atoms with E-state index in [0.29, 0.717) is 11.3 Å². The number of carbonyl (C=O) groups excluding carboxylic acids is 1. The summed E-state index contributed by atoms with van der Waals surface area (Å²) in [6, 6.07) is 6.31. The number of furan rings is 1. The van der Waals surface area contributed by atoms with Crippen LogP contribution in [-0.4, -0.2) is 22.5 Å². The van der Waals surface area contributed by atoms with Gasteiger partial charge in [-0.3, -0.25) is 4.79 Å². The molecule has 6 heteroatoms. The topological polar surface area (TPSA) is 75.4 Å². The molecule has 2 aromatic heterocycles. The maximum atomic E-state index is 11.7. The lowest BCUT2D eigenvalue weighted by molar-refractivity contribution is 0.0901. The molecular formula is C12H11ClN2O3. The van der Waals surface area contributed by atoms with Crippen molar-refractivity contribution in [2.45, 2.75) is 6.10 Å². The molecule has 2 aromatic rings. The van der Waals surface area contributed by atoms with Crippen LogP contribution in [0.25, 0.3) is 0 Å². The Bertz CT molecular complexity index is 528. The Balaban J connectivity index is 1.92. The number of hydrogen-bond donors (Lipinski definition) is 2. The molecule has 1 unspecified atom stereocenters.